The summed E-state index contributed by atoms with van der Waals surface area (Å²) in [5.74, 6) is 0. The summed E-state index contributed by atoms with van der Waals surface area (Å²) >= 11 is 0.338. The Morgan fingerprint density at radius 3 is 2.04 bits per heavy atom. The van der Waals surface area contributed by atoms with Gasteiger partial charge in [0.15, 0.2) is 0 Å². The van der Waals surface area contributed by atoms with Crippen LogP contribution in [0, 0.1) is 0 Å². The maximum absolute atomic E-state index is 2.47. The zero-order valence-corrected chi connectivity index (χ0v) is 30.0. The molecule has 2 heterocycles. The Morgan fingerprint density at radius 2 is 1.13 bits per heavy atom. The quantitative estimate of drug-likeness (QED) is 0.160. The van der Waals surface area contributed by atoms with Crippen LogP contribution in [0.2, 0.25) is 0 Å². The second kappa shape index (κ2) is 11.7. The smallest absolute Gasteiger partial charge is 0.0602 e. The first-order valence-electron chi connectivity index (χ1n) is 17.9. The number of benzene rings is 8. The Balaban J connectivity index is 1.09. The van der Waals surface area contributed by atoms with Gasteiger partial charge in [-0.25, -0.2) is 0 Å². The second-order valence-electron chi connectivity index (χ2n) is 13.7. The molecule has 2 aromatic heterocycles. The molecule has 2 nitrogen and oxygen atoms in total. The summed E-state index contributed by atoms with van der Waals surface area (Å²) in [6, 6.07) is 67.3. The normalized spacial score (nSPS) is 12.2. The average molecular weight is 728 g/mol. The Morgan fingerprint density at radius 1 is 0.442 bits per heavy atom. The van der Waals surface area contributed by atoms with E-state index in [1.807, 2.05) is 0 Å². The molecular formula is C49H32N2Se. The van der Waals surface area contributed by atoms with E-state index >= 15 is 0 Å². The van der Waals surface area contributed by atoms with Crippen LogP contribution in [0.3, 0.4) is 0 Å². The molecule has 3 heteroatoms. The van der Waals surface area contributed by atoms with E-state index in [0.29, 0.717) is 14.5 Å². The summed E-state index contributed by atoms with van der Waals surface area (Å²) in [4.78, 5) is 2.47. The van der Waals surface area contributed by atoms with Gasteiger partial charge in [-0.15, -0.1) is 0 Å². The van der Waals surface area contributed by atoms with E-state index in [0.717, 1.165) is 17.8 Å². The fraction of sp³-hybridized carbons (Fsp3) is 0.0204. The standard InChI is InChI=1S/C49H32N2Se/c1-2-13-36(14-3-1)51-44-18-8-6-16-40(44)43-31-38(26-28-45(43)51)50(46-19-10-12-35-29-34-11-4-5-15-39(34)49(35)46)37-24-21-32(22-25-37)33-23-27-42-41-17-7-9-20-47(41)52-48(42)30-33/h1-28,30-31H,29H2. The molecule has 0 bridgehead atoms. The van der Waals surface area contributed by atoms with Gasteiger partial charge in [-0.05, 0) is 18.2 Å². The van der Waals surface area contributed by atoms with Crippen molar-refractivity contribution in [1.82, 2.24) is 4.57 Å². The molecule has 1 aliphatic carbocycles. The summed E-state index contributed by atoms with van der Waals surface area (Å²) < 4.78 is 5.34. The van der Waals surface area contributed by atoms with E-state index in [4.69, 9.17) is 0 Å². The van der Waals surface area contributed by atoms with Gasteiger partial charge in [0.2, 0.25) is 0 Å². The van der Waals surface area contributed by atoms with Crippen LogP contribution in [-0.4, -0.2) is 19.1 Å². The van der Waals surface area contributed by atoms with Crippen LogP contribution in [0.25, 0.3) is 69.0 Å². The van der Waals surface area contributed by atoms with Crippen LogP contribution in [-0.2, 0) is 6.42 Å². The summed E-state index contributed by atoms with van der Waals surface area (Å²) in [5.41, 5.74) is 15.0. The van der Waals surface area contributed by atoms with E-state index in [1.54, 1.807) is 0 Å². The number of fused-ring (bicyclic) bond motifs is 9. The minimum Gasteiger partial charge on any atom is -0.0602 e. The first-order chi connectivity index (χ1) is 25.8. The van der Waals surface area contributed by atoms with E-state index < -0.39 is 0 Å². The van der Waals surface area contributed by atoms with Crippen molar-refractivity contribution in [3.63, 3.8) is 0 Å². The number of nitrogens with zero attached hydrogens (tertiary/aromatic N) is 2. The van der Waals surface area contributed by atoms with E-state index in [1.165, 1.54) is 85.9 Å². The van der Waals surface area contributed by atoms with Gasteiger partial charge in [0.05, 0.1) is 5.52 Å². The first-order valence-corrected chi connectivity index (χ1v) is 19.6. The van der Waals surface area contributed by atoms with Crippen molar-refractivity contribution in [2.45, 2.75) is 6.42 Å². The van der Waals surface area contributed by atoms with E-state index in [2.05, 4.69) is 191 Å². The third kappa shape index (κ3) is 4.57. The minimum atomic E-state index is 0.338. The SMILES string of the molecule is c1ccc(-n2c3ccccc3c3cc(N(c4ccc(-c5ccc6c(c5)[se]c5ccccc56)cc4)c4cccc5c4-c4ccccc4C5)ccc32)cc1. The van der Waals surface area contributed by atoms with E-state index in [-0.39, 0.29) is 0 Å². The fourth-order valence-corrected chi connectivity index (χ4v) is 10.8. The maximum atomic E-state index is 2.47. The molecule has 0 amide bonds. The van der Waals surface area contributed by atoms with Crippen LogP contribution >= 0.6 is 0 Å². The summed E-state index contributed by atoms with van der Waals surface area (Å²) in [5, 5.41) is 5.29. The van der Waals surface area contributed by atoms with Gasteiger partial charge in [-0.2, -0.15) is 0 Å². The molecule has 244 valence electrons. The molecule has 11 rings (SSSR count). The molecule has 0 radical (unpaired) electrons. The Labute approximate surface area is 308 Å². The molecular weight excluding hydrogens is 696 g/mol. The summed E-state index contributed by atoms with van der Waals surface area (Å²) in [6.07, 6.45) is 0.958. The Bertz CT molecular complexity index is 2990. The minimum absolute atomic E-state index is 0.338. The van der Waals surface area contributed by atoms with Gasteiger partial charge < -0.3 is 4.57 Å². The third-order valence-corrected chi connectivity index (χ3v) is 13.2. The molecule has 0 unspecified atom stereocenters. The predicted octanol–water partition coefficient (Wildman–Crippen LogP) is 12.9. The molecule has 10 aromatic rings. The fourth-order valence-electron chi connectivity index (χ4n) is 8.45. The average Bonchev–Trinajstić information content (AvgIpc) is 3.88. The molecule has 0 saturated heterocycles. The first kappa shape index (κ1) is 29.6. The predicted molar refractivity (Wildman–Crippen MR) is 221 cm³/mol. The van der Waals surface area contributed by atoms with Crippen LogP contribution in [0.15, 0.2) is 182 Å². The van der Waals surface area contributed by atoms with Crippen molar-refractivity contribution >= 4 is 72.7 Å². The van der Waals surface area contributed by atoms with Crippen LogP contribution in [0.5, 0.6) is 0 Å². The van der Waals surface area contributed by atoms with Crippen LogP contribution in [0.1, 0.15) is 11.1 Å². The van der Waals surface area contributed by atoms with Gasteiger partial charge in [-0.3, -0.25) is 0 Å². The molecule has 0 atom stereocenters. The van der Waals surface area contributed by atoms with Gasteiger partial charge >= 0.3 is 221 Å². The number of para-hydroxylation sites is 2. The van der Waals surface area contributed by atoms with Gasteiger partial charge in [-0.1, -0.05) is 54.6 Å². The number of aromatic nitrogens is 1. The molecule has 0 saturated carbocycles. The zero-order chi connectivity index (χ0) is 34.2. The molecule has 52 heavy (non-hydrogen) atoms. The van der Waals surface area contributed by atoms with Gasteiger partial charge in [0.25, 0.3) is 0 Å². The number of rotatable bonds is 5. The number of anilines is 3. The van der Waals surface area contributed by atoms with Gasteiger partial charge in [0, 0.05) is 5.69 Å². The monoisotopic (exact) mass is 728 g/mol. The second-order valence-corrected chi connectivity index (χ2v) is 16.0. The molecule has 1 aliphatic rings. The summed E-state index contributed by atoms with van der Waals surface area (Å²) in [6.45, 7) is 0. The van der Waals surface area contributed by atoms with Crippen LogP contribution in [0.4, 0.5) is 17.1 Å². The van der Waals surface area contributed by atoms with Crippen molar-refractivity contribution in [2.24, 2.45) is 0 Å². The Hall–Kier alpha value is -6.12. The van der Waals surface area contributed by atoms with Crippen molar-refractivity contribution < 1.29 is 0 Å². The molecule has 0 fully saturated rings. The van der Waals surface area contributed by atoms with Crippen molar-refractivity contribution in [1.29, 1.82) is 0 Å². The molecule has 0 aliphatic heterocycles. The third-order valence-electron chi connectivity index (χ3n) is 10.8. The van der Waals surface area contributed by atoms with E-state index in [9.17, 15) is 0 Å². The van der Waals surface area contributed by atoms with Crippen molar-refractivity contribution in [2.75, 3.05) is 4.90 Å². The summed E-state index contributed by atoms with van der Waals surface area (Å²) in [7, 11) is 0. The Kier molecular flexibility index (Phi) is 6.67. The van der Waals surface area contributed by atoms with Crippen molar-refractivity contribution in [3.05, 3.63) is 193 Å². The molecule has 0 spiro atoms. The van der Waals surface area contributed by atoms with Gasteiger partial charge in [0.1, 0.15) is 0 Å². The number of hydrogen-bond acceptors (Lipinski definition) is 1. The van der Waals surface area contributed by atoms with Crippen LogP contribution < -0.4 is 4.90 Å². The number of hydrogen-bond donors (Lipinski definition) is 0. The zero-order valence-electron chi connectivity index (χ0n) is 28.3. The molecule has 0 N–H and O–H groups in total. The van der Waals surface area contributed by atoms with Crippen molar-refractivity contribution in [3.8, 4) is 27.9 Å². The molecule has 8 aromatic carbocycles. The topological polar surface area (TPSA) is 8.17 Å².